The van der Waals surface area contributed by atoms with Crippen molar-refractivity contribution in [3.63, 3.8) is 0 Å². The number of anilines is 1. The van der Waals surface area contributed by atoms with E-state index < -0.39 is 0 Å². The molecule has 0 atom stereocenters. The monoisotopic (exact) mass is 364 g/mol. The number of pyridine rings is 1. The lowest BCUT2D eigenvalue weighted by Gasteiger charge is -2.26. The molecule has 140 valence electrons. The largest absolute Gasteiger partial charge is 0.381 e. The molecule has 1 aliphatic rings. The number of nitrogens with zero attached hydrogens (tertiary/aromatic N) is 3. The minimum absolute atomic E-state index is 0.0376. The Morgan fingerprint density at radius 2 is 1.93 bits per heavy atom. The molecule has 0 unspecified atom stereocenters. The van der Waals surface area contributed by atoms with Gasteiger partial charge in [-0.2, -0.15) is 5.10 Å². The fourth-order valence-corrected chi connectivity index (χ4v) is 3.75. The second kappa shape index (κ2) is 7.48. The molecule has 27 heavy (non-hydrogen) atoms. The summed E-state index contributed by atoms with van der Waals surface area (Å²) >= 11 is 0. The molecule has 0 saturated heterocycles. The average Bonchev–Trinajstić information content (AvgIpc) is 3.14. The molecule has 2 aromatic heterocycles. The van der Waals surface area contributed by atoms with Crippen LogP contribution in [-0.2, 0) is 16.6 Å². The Kier molecular flexibility index (Phi) is 4.90. The molecule has 2 heterocycles. The lowest BCUT2D eigenvalue weighted by Crippen LogP contribution is -2.29. The molecule has 6 nitrogen and oxygen atoms in total. The number of amides is 1. The third-order valence-electron chi connectivity index (χ3n) is 5.39. The molecular formula is C21H24N4O2. The Bertz CT molecular complexity index is 958. The van der Waals surface area contributed by atoms with Crippen LogP contribution in [0.25, 0.3) is 21.9 Å². The molecule has 1 N–H and O–H groups in total. The molecule has 1 aromatic carbocycles. The summed E-state index contributed by atoms with van der Waals surface area (Å²) in [6, 6.07) is 8.15. The van der Waals surface area contributed by atoms with Crippen LogP contribution in [0, 0.1) is 5.92 Å². The first-order valence-corrected chi connectivity index (χ1v) is 9.35. The Labute approximate surface area is 158 Å². The number of fused-ring (bicyclic) bond motifs is 1. The maximum atomic E-state index is 12.6. The third-order valence-corrected chi connectivity index (χ3v) is 5.39. The number of aryl methyl sites for hydroxylation is 1. The number of aromatic nitrogens is 3. The van der Waals surface area contributed by atoms with Gasteiger partial charge in [0, 0.05) is 43.4 Å². The molecule has 0 aliphatic heterocycles. The summed E-state index contributed by atoms with van der Waals surface area (Å²) in [4.78, 5) is 17.0. The van der Waals surface area contributed by atoms with E-state index in [-0.39, 0.29) is 11.8 Å². The number of methoxy groups -OCH3 is 1. The molecular weight excluding hydrogens is 340 g/mol. The molecule has 3 aromatic rings. The van der Waals surface area contributed by atoms with Gasteiger partial charge in [0.05, 0.1) is 12.3 Å². The van der Waals surface area contributed by atoms with E-state index in [1.54, 1.807) is 18.0 Å². The summed E-state index contributed by atoms with van der Waals surface area (Å²) in [6.07, 6.45) is 9.54. The predicted molar refractivity (Wildman–Crippen MR) is 105 cm³/mol. The van der Waals surface area contributed by atoms with Crippen molar-refractivity contribution >= 4 is 22.5 Å². The van der Waals surface area contributed by atoms with Gasteiger partial charge in [-0.3, -0.25) is 9.48 Å². The summed E-state index contributed by atoms with van der Waals surface area (Å²) in [7, 11) is 3.64. The van der Waals surface area contributed by atoms with Crippen molar-refractivity contribution < 1.29 is 9.53 Å². The van der Waals surface area contributed by atoms with Crippen LogP contribution in [0.4, 0.5) is 5.82 Å². The van der Waals surface area contributed by atoms with Gasteiger partial charge in [0.2, 0.25) is 5.91 Å². The van der Waals surface area contributed by atoms with Crippen LogP contribution in [0.1, 0.15) is 25.7 Å². The lowest BCUT2D eigenvalue weighted by molar-refractivity contribution is -0.121. The Hall–Kier alpha value is -2.73. The number of hydrogen-bond donors (Lipinski definition) is 1. The molecule has 6 heteroatoms. The van der Waals surface area contributed by atoms with Crippen LogP contribution in [-0.4, -0.2) is 33.9 Å². The normalized spacial score (nSPS) is 19.9. The number of carbonyl (C=O) groups is 1. The third kappa shape index (κ3) is 3.85. The first-order valence-electron chi connectivity index (χ1n) is 9.35. The fourth-order valence-electron chi connectivity index (χ4n) is 3.75. The molecule has 1 fully saturated rings. The number of hydrogen-bond acceptors (Lipinski definition) is 4. The summed E-state index contributed by atoms with van der Waals surface area (Å²) < 4.78 is 7.17. The second-order valence-corrected chi connectivity index (χ2v) is 7.23. The SMILES string of the molecule is CO[C@H]1CC[C@@H](C(=O)Nc2cc3cc(-c4cnn(C)c4)ccc3cn2)CC1. The zero-order chi connectivity index (χ0) is 18.8. The van der Waals surface area contributed by atoms with Crippen LogP contribution in [0.5, 0.6) is 0 Å². The molecule has 1 amide bonds. The smallest absolute Gasteiger partial charge is 0.228 e. The van der Waals surface area contributed by atoms with E-state index in [1.807, 2.05) is 31.6 Å². The van der Waals surface area contributed by atoms with E-state index >= 15 is 0 Å². The number of ether oxygens (including phenoxy) is 1. The Balaban J connectivity index is 1.51. The van der Waals surface area contributed by atoms with Crippen molar-refractivity contribution in [2.75, 3.05) is 12.4 Å². The highest BCUT2D eigenvalue weighted by atomic mass is 16.5. The van der Waals surface area contributed by atoms with Gasteiger partial charge in [0.15, 0.2) is 0 Å². The highest BCUT2D eigenvalue weighted by Crippen LogP contribution is 2.28. The van der Waals surface area contributed by atoms with Crippen LogP contribution >= 0.6 is 0 Å². The van der Waals surface area contributed by atoms with Crippen molar-refractivity contribution in [3.05, 3.63) is 42.9 Å². The van der Waals surface area contributed by atoms with Crippen molar-refractivity contribution in [2.45, 2.75) is 31.8 Å². The zero-order valence-electron chi connectivity index (χ0n) is 15.7. The van der Waals surface area contributed by atoms with Gasteiger partial charge in [-0.1, -0.05) is 12.1 Å². The minimum Gasteiger partial charge on any atom is -0.381 e. The molecule has 1 saturated carbocycles. The van der Waals surface area contributed by atoms with E-state index in [1.165, 1.54) is 0 Å². The molecule has 4 rings (SSSR count). The minimum atomic E-state index is 0.0376. The van der Waals surface area contributed by atoms with Gasteiger partial charge in [-0.05, 0) is 48.8 Å². The standard InChI is InChI=1S/C21H24N4O2/c1-25-13-18(12-23-25)15-3-4-16-11-22-20(10-17(16)9-15)24-21(26)14-5-7-19(27-2)8-6-14/h3-4,9-14,19H,5-8H2,1-2H3,(H,22,24,26)/t14-,19+. The maximum Gasteiger partial charge on any atom is 0.228 e. The highest BCUT2D eigenvalue weighted by Gasteiger charge is 2.26. The number of benzene rings is 1. The van der Waals surface area contributed by atoms with Gasteiger partial charge < -0.3 is 10.1 Å². The molecule has 0 radical (unpaired) electrons. The summed E-state index contributed by atoms with van der Waals surface area (Å²) in [5.41, 5.74) is 2.16. The van der Waals surface area contributed by atoms with E-state index in [0.29, 0.717) is 11.9 Å². The van der Waals surface area contributed by atoms with Gasteiger partial charge >= 0.3 is 0 Å². The lowest BCUT2D eigenvalue weighted by atomic mass is 9.87. The fraction of sp³-hybridized carbons (Fsp3) is 0.381. The van der Waals surface area contributed by atoms with Gasteiger partial charge in [-0.15, -0.1) is 0 Å². The topological polar surface area (TPSA) is 69.0 Å². The summed E-state index contributed by atoms with van der Waals surface area (Å²) in [5, 5.41) is 9.31. The second-order valence-electron chi connectivity index (χ2n) is 7.23. The van der Waals surface area contributed by atoms with Crippen molar-refractivity contribution in [1.29, 1.82) is 0 Å². The number of rotatable bonds is 4. The van der Waals surface area contributed by atoms with Crippen LogP contribution in [0.3, 0.4) is 0 Å². The van der Waals surface area contributed by atoms with Gasteiger partial charge in [0.1, 0.15) is 5.82 Å². The molecule has 0 bridgehead atoms. The van der Waals surface area contributed by atoms with Gasteiger partial charge in [-0.25, -0.2) is 4.98 Å². The van der Waals surface area contributed by atoms with E-state index in [2.05, 4.69) is 27.5 Å². The number of carbonyl (C=O) groups excluding carboxylic acids is 1. The first-order chi connectivity index (χ1) is 13.1. The number of nitrogens with one attached hydrogen (secondary N) is 1. The average molecular weight is 364 g/mol. The quantitative estimate of drug-likeness (QED) is 0.765. The van der Waals surface area contributed by atoms with E-state index in [0.717, 1.165) is 47.6 Å². The van der Waals surface area contributed by atoms with Crippen LogP contribution in [0.15, 0.2) is 42.9 Å². The first kappa shape index (κ1) is 17.7. The van der Waals surface area contributed by atoms with Crippen molar-refractivity contribution in [3.8, 4) is 11.1 Å². The Morgan fingerprint density at radius 3 is 2.63 bits per heavy atom. The maximum absolute atomic E-state index is 12.6. The van der Waals surface area contributed by atoms with Crippen LogP contribution in [0.2, 0.25) is 0 Å². The summed E-state index contributed by atoms with van der Waals surface area (Å²) in [6.45, 7) is 0. The van der Waals surface area contributed by atoms with Gasteiger partial charge in [0.25, 0.3) is 0 Å². The predicted octanol–water partition coefficient (Wildman–Crippen LogP) is 3.78. The van der Waals surface area contributed by atoms with E-state index in [4.69, 9.17) is 4.74 Å². The van der Waals surface area contributed by atoms with Crippen molar-refractivity contribution in [1.82, 2.24) is 14.8 Å². The summed E-state index contributed by atoms with van der Waals surface area (Å²) in [5.74, 6) is 0.695. The Morgan fingerprint density at radius 1 is 1.11 bits per heavy atom. The molecule has 0 spiro atoms. The van der Waals surface area contributed by atoms with Crippen molar-refractivity contribution in [2.24, 2.45) is 13.0 Å². The zero-order valence-corrected chi connectivity index (χ0v) is 15.7. The molecule has 1 aliphatic carbocycles. The van der Waals surface area contributed by atoms with E-state index in [9.17, 15) is 4.79 Å². The highest BCUT2D eigenvalue weighted by molar-refractivity contribution is 5.95. The van der Waals surface area contributed by atoms with Crippen LogP contribution < -0.4 is 5.32 Å².